The fourth-order valence-electron chi connectivity index (χ4n) is 1.25. The molecule has 0 amide bonds. The summed E-state index contributed by atoms with van der Waals surface area (Å²) in [6.07, 6.45) is 2.77. The van der Waals surface area contributed by atoms with Crippen LogP contribution in [0, 0.1) is 0 Å². The summed E-state index contributed by atoms with van der Waals surface area (Å²) in [5, 5.41) is 0. The van der Waals surface area contributed by atoms with Crippen molar-refractivity contribution in [2.75, 3.05) is 13.2 Å². The Hall–Kier alpha value is 0.137. The molecule has 0 aliphatic carbocycles. The van der Waals surface area contributed by atoms with E-state index in [2.05, 4.69) is 26.9 Å². The smallest absolute Gasteiger partial charge is 0.189 e. The Morgan fingerprint density at radius 3 is 2.62 bits per heavy atom. The van der Waals surface area contributed by atoms with Gasteiger partial charge in [0.05, 0.1) is 12.7 Å². The minimum Gasteiger partial charge on any atom is -0.414 e. The summed E-state index contributed by atoms with van der Waals surface area (Å²) in [6.45, 7) is 10.8. The lowest BCUT2D eigenvalue weighted by molar-refractivity contribution is 0.0642. The van der Waals surface area contributed by atoms with Crippen LogP contribution in [0.1, 0.15) is 26.7 Å². The second-order valence-electron chi connectivity index (χ2n) is 4.70. The molecule has 1 atom stereocenters. The Morgan fingerprint density at radius 1 is 1.46 bits per heavy atom. The van der Waals surface area contributed by atoms with Gasteiger partial charge >= 0.3 is 0 Å². The van der Waals surface area contributed by atoms with Gasteiger partial charge < -0.3 is 9.16 Å². The van der Waals surface area contributed by atoms with Crippen LogP contribution in [0.25, 0.3) is 0 Å². The summed E-state index contributed by atoms with van der Waals surface area (Å²) in [5.74, 6) is 0. The molecule has 0 N–H and O–H groups in total. The van der Waals surface area contributed by atoms with Crippen molar-refractivity contribution in [3.05, 3.63) is 0 Å². The largest absolute Gasteiger partial charge is 0.414 e. The van der Waals surface area contributed by atoms with E-state index in [-0.39, 0.29) is 0 Å². The number of ether oxygens (including phenoxy) is 1. The Bertz CT molecular complexity index is 151. The molecule has 1 fully saturated rings. The zero-order chi connectivity index (χ0) is 9.90. The molecule has 0 aromatic rings. The Morgan fingerprint density at radius 2 is 2.15 bits per heavy atom. The van der Waals surface area contributed by atoms with E-state index in [4.69, 9.17) is 9.16 Å². The van der Waals surface area contributed by atoms with Gasteiger partial charge in [0.2, 0.25) is 0 Å². The second-order valence-corrected chi connectivity index (χ2v) is 9.35. The molecule has 0 aromatic carbocycles. The molecule has 2 nitrogen and oxygen atoms in total. The average molecular weight is 202 g/mol. The first kappa shape index (κ1) is 11.2. The maximum atomic E-state index is 5.99. The van der Waals surface area contributed by atoms with Gasteiger partial charge in [-0.15, -0.1) is 0 Å². The monoisotopic (exact) mass is 202 g/mol. The summed E-state index contributed by atoms with van der Waals surface area (Å²) in [7, 11) is -1.43. The van der Waals surface area contributed by atoms with Crippen LogP contribution in [-0.2, 0) is 9.16 Å². The molecule has 0 aromatic heterocycles. The topological polar surface area (TPSA) is 18.5 Å². The summed E-state index contributed by atoms with van der Waals surface area (Å²) in [6, 6.07) is 0. The Labute approximate surface area is 82.7 Å². The van der Waals surface area contributed by atoms with Crippen molar-refractivity contribution in [1.82, 2.24) is 0 Å². The molecule has 1 rings (SSSR count). The van der Waals surface area contributed by atoms with E-state index in [9.17, 15) is 0 Å². The summed E-state index contributed by atoms with van der Waals surface area (Å²) in [5.41, 5.74) is 0.689. The van der Waals surface area contributed by atoms with Gasteiger partial charge in [-0.25, -0.2) is 0 Å². The third kappa shape index (κ3) is 3.41. The fraction of sp³-hybridized carbons (Fsp3) is 1.00. The zero-order valence-electron chi connectivity index (χ0n) is 9.30. The van der Waals surface area contributed by atoms with Crippen LogP contribution < -0.4 is 0 Å². The van der Waals surface area contributed by atoms with E-state index in [0.29, 0.717) is 11.6 Å². The van der Waals surface area contributed by atoms with Gasteiger partial charge in [-0.05, 0) is 31.5 Å². The lowest BCUT2D eigenvalue weighted by Crippen LogP contribution is -2.36. The Balaban J connectivity index is 2.24. The molecule has 1 saturated heterocycles. The molecular weight excluding hydrogens is 180 g/mol. The van der Waals surface area contributed by atoms with Crippen LogP contribution in [0.5, 0.6) is 0 Å². The number of hydrogen-bond acceptors (Lipinski definition) is 2. The molecule has 0 saturated carbocycles. The van der Waals surface area contributed by atoms with Gasteiger partial charge in [0.1, 0.15) is 0 Å². The van der Waals surface area contributed by atoms with Crippen LogP contribution in [0.2, 0.25) is 18.6 Å². The standard InChI is InChI=1S/C10H22O2Si/c1-9(2)13(3,4)12-8-10-6-5-7-11-10/h9-10H,5-8H2,1-4H3. The van der Waals surface area contributed by atoms with Crippen molar-refractivity contribution in [3.8, 4) is 0 Å². The third-order valence-electron chi connectivity index (χ3n) is 3.06. The molecular formula is C10H22O2Si. The van der Waals surface area contributed by atoms with E-state index in [0.717, 1.165) is 13.2 Å². The predicted octanol–water partition coefficient (Wildman–Crippen LogP) is 2.80. The highest BCUT2D eigenvalue weighted by Gasteiger charge is 2.28. The highest BCUT2D eigenvalue weighted by molar-refractivity contribution is 6.72. The maximum absolute atomic E-state index is 5.99. The van der Waals surface area contributed by atoms with Crippen molar-refractivity contribution >= 4 is 8.32 Å². The summed E-state index contributed by atoms with van der Waals surface area (Å²) < 4.78 is 11.5. The van der Waals surface area contributed by atoms with E-state index >= 15 is 0 Å². The summed E-state index contributed by atoms with van der Waals surface area (Å²) in [4.78, 5) is 0. The Kier molecular flexibility index (Phi) is 3.95. The quantitative estimate of drug-likeness (QED) is 0.653. The minimum absolute atomic E-state index is 0.380. The van der Waals surface area contributed by atoms with Gasteiger partial charge in [-0.1, -0.05) is 13.8 Å². The van der Waals surface area contributed by atoms with Crippen LogP contribution in [-0.4, -0.2) is 27.6 Å². The predicted molar refractivity (Wildman–Crippen MR) is 57.5 cm³/mol. The van der Waals surface area contributed by atoms with Crippen molar-refractivity contribution in [1.29, 1.82) is 0 Å². The first-order valence-electron chi connectivity index (χ1n) is 5.28. The number of hydrogen-bond donors (Lipinski definition) is 0. The lowest BCUT2D eigenvalue weighted by atomic mass is 10.2. The molecule has 0 radical (unpaired) electrons. The van der Waals surface area contributed by atoms with Crippen molar-refractivity contribution in [2.45, 2.75) is 51.4 Å². The minimum atomic E-state index is -1.43. The van der Waals surface area contributed by atoms with Crippen LogP contribution in [0.15, 0.2) is 0 Å². The number of rotatable bonds is 4. The van der Waals surface area contributed by atoms with Gasteiger partial charge in [0.15, 0.2) is 8.32 Å². The van der Waals surface area contributed by atoms with Crippen LogP contribution in [0.3, 0.4) is 0 Å². The van der Waals surface area contributed by atoms with Gasteiger partial charge in [0.25, 0.3) is 0 Å². The third-order valence-corrected chi connectivity index (χ3v) is 6.75. The molecule has 1 aliphatic heterocycles. The highest BCUT2D eigenvalue weighted by atomic mass is 28.4. The maximum Gasteiger partial charge on any atom is 0.189 e. The van der Waals surface area contributed by atoms with Crippen LogP contribution in [0.4, 0.5) is 0 Å². The molecule has 1 unspecified atom stereocenters. The van der Waals surface area contributed by atoms with E-state index < -0.39 is 8.32 Å². The molecule has 0 spiro atoms. The van der Waals surface area contributed by atoms with E-state index in [1.54, 1.807) is 0 Å². The summed E-state index contributed by atoms with van der Waals surface area (Å²) >= 11 is 0. The van der Waals surface area contributed by atoms with Gasteiger partial charge in [0, 0.05) is 6.61 Å². The molecule has 13 heavy (non-hydrogen) atoms. The average Bonchev–Trinajstić information content (AvgIpc) is 2.52. The normalized spacial score (nSPS) is 24.2. The van der Waals surface area contributed by atoms with Gasteiger partial charge in [-0.2, -0.15) is 0 Å². The molecule has 78 valence electrons. The second kappa shape index (κ2) is 4.58. The first-order valence-corrected chi connectivity index (χ1v) is 8.26. The van der Waals surface area contributed by atoms with Crippen molar-refractivity contribution in [3.63, 3.8) is 0 Å². The van der Waals surface area contributed by atoms with Crippen molar-refractivity contribution < 1.29 is 9.16 Å². The van der Waals surface area contributed by atoms with E-state index in [1.165, 1.54) is 12.8 Å². The SMILES string of the molecule is CC(C)[Si](C)(C)OCC1CCCO1. The zero-order valence-corrected chi connectivity index (χ0v) is 10.3. The van der Waals surface area contributed by atoms with E-state index in [1.807, 2.05) is 0 Å². The van der Waals surface area contributed by atoms with Crippen LogP contribution >= 0.6 is 0 Å². The lowest BCUT2D eigenvalue weighted by Gasteiger charge is -2.28. The van der Waals surface area contributed by atoms with Gasteiger partial charge in [-0.3, -0.25) is 0 Å². The molecule has 3 heteroatoms. The van der Waals surface area contributed by atoms with Crippen molar-refractivity contribution in [2.24, 2.45) is 0 Å². The molecule has 1 heterocycles. The fourth-order valence-corrected chi connectivity index (χ4v) is 2.20. The highest BCUT2D eigenvalue weighted by Crippen LogP contribution is 2.23. The first-order chi connectivity index (χ1) is 6.02. The molecule has 0 bridgehead atoms. The molecule has 1 aliphatic rings.